The minimum absolute atomic E-state index is 0.0480. The normalized spacial score (nSPS) is 14.9. The number of anilines is 2. The largest absolute Gasteiger partial charge is 0.495 e. The molecule has 2 aromatic rings. The van der Waals surface area contributed by atoms with Crippen molar-refractivity contribution in [2.75, 3.05) is 49.7 Å². The van der Waals surface area contributed by atoms with Gasteiger partial charge in [-0.15, -0.1) is 0 Å². The lowest BCUT2D eigenvalue weighted by molar-refractivity contribution is 0.101. The van der Waals surface area contributed by atoms with Crippen LogP contribution in [0, 0.1) is 0 Å². The van der Waals surface area contributed by atoms with Gasteiger partial charge in [-0.25, -0.2) is 9.99 Å². The Morgan fingerprint density at radius 1 is 1.15 bits per heavy atom. The van der Waals surface area contributed by atoms with Crippen LogP contribution in [0.5, 0.6) is 5.75 Å². The van der Waals surface area contributed by atoms with Crippen LogP contribution in [0.3, 0.4) is 0 Å². The smallest absolute Gasteiger partial charge is 0.163 e. The fourth-order valence-corrected chi connectivity index (χ4v) is 3.54. The summed E-state index contributed by atoms with van der Waals surface area (Å²) in [5.41, 5.74) is 1.81. The number of piperazine rings is 1. The van der Waals surface area contributed by atoms with E-state index in [4.69, 9.17) is 4.74 Å². The number of hydrogen-bond donors (Lipinski definition) is 0. The molecule has 1 aromatic heterocycles. The molecule has 27 heavy (non-hydrogen) atoms. The van der Waals surface area contributed by atoms with Gasteiger partial charge in [0.25, 0.3) is 0 Å². The summed E-state index contributed by atoms with van der Waals surface area (Å²) in [6, 6.07) is 11.8. The third kappa shape index (κ3) is 4.22. The molecule has 1 saturated heterocycles. The third-order valence-electron chi connectivity index (χ3n) is 4.87. The zero-order valence-electron chi connectivity index (χ0n) is 16.4. The molecule has 0 saturated carbocycles. The molecule has 0 amide bonds. The first-order valence-electron chi connectivity index (χ1n) is 9.52. The number of hydrazine groups is 1. The number of pyridine rings is 1. The Balaban J connectivity index is 1.77. The average Bonchev–Trinajstić information content (AvgIpc) is 2.72. The van der Waals surface area contributed by atoms with Crippen LogP contribution in [-0.4, -0.2) is 55.6 Å². The van der Waals surface area contributed by atoms with Gasteiger partial charge in [0.2, 0.25) is 0 Å². The van der Waals surface area contributed by atoms with Crippen LogP contribution in [0.2, 0.25) is 0 Å². The van der Waals surface area contributed by atoms with Crippen LogP contribution in [0.1, 0.15) is 30.6 Å². The second kappa shape index (κ2) is 8.86. The van der Waals surface area contributed by atoms with Gasteiger partial charge in [-0.2, -0.15) is 0 Å². The van der Waals surface area contributed by atoms with Gasteiger partial charge in [-0.05, 0) is 37.6 Å². The summed E-state index contributed by atoms with van der Waals surface area (Å²) in [6.07, 6.45) is 2.75. The molecule has 6 nitrogen and oxygen atoms in total. The van der Waals surface area contributed by atoms with E-state index in [9.17, 15) is 4.79 Å². The molecule has 0 N–H and O–H groups in total. The number of nitrogens with zero attached hydrogens (tertiary/aromatic N) is 4. The first-order valence-corrected chi connectivity index (χ1v) is 9.52. The number of rotatable bonds is 7. The minimum Gasteiger partial charge on any atom is -0.495 e. The molecule has 1 fully saturated rings. The van der Waals surface area contributed by atoms with Gasteiger partial charge in [0.15, 0.2) is 11.6 Å². The molecule has 3 rings (SSSR count). The van der Waals surface area contributed by atoms with Gasteiger partial charge in [0.1, 0.15) is 5.75 Å². The van der Waals surface area contributed by atoms with E-state index in [0.29, 0.717) is 5.56 Å². The molecule has 0 bridgehead atoms. The Morgan fingerprint density at radius 3 is 2.56 bits per heavy atom. The minimum atomic E-state index is 0.0480. The highest BCUT2D eigenvalue weighted by atomic mass is 16.5. The first kappa shape index (κ1) is 19.2. The fraction of sp³-hybridized carbons (Fsp3) is 0.429. The van der Waals surface area contributed by atoms with Crippen LogP contribution in [-0.2, 0) is 0 Å². The Labute approximate surface area is 161 Å². The van der Waals surface area contributed by atoms with Gasteiger partial charge < -0.3 is 9.64 Å². The second-order valence-electron chi connectivity index (χ2n) is 6.67. The maximum Gasteiger partial charge on any atom is 0.163 e. The van der Waals surface area contributed by atoms with E-state index in [1.54, 1.807) is 20.2 Å². The van der Waals surface area contributed by atoms with Crippen molar-refractivity contribution in [3.8, 4) is 5.75 Å². The molecule has 1 aromatic carbocycles. The predicted octanol–water partition coefficient (Wildman–Crippen LogP) is 3.25. The number of ether oxygens (including phenoxy) is 1. The number of carbonyl (C=O) groups is 1. The van der Waals surface area contributed by atoms with Crippen molar-refractivity contribution in [1.29, 1.82) is 0 Å². The molecule has 1 aliphatic rings. The number of hydrogen-bond acceptors (Lipinski definition) is 6. The van der Waals surface area contributed by atoms with Gasteiger partial charge in [0.05, 0.1) is 18.4 Å². The number of para-hydroxylation sites is 2. The number of Topliss-reactive ketones (excluding diaryl/α,β-unsaturated/α-hetero) is 1. The molecule has 6 heteroatoms. The quantitative estimate of drug-likeness (QED) is 0.699. The van der Waals surface area contributed by atoms with Gasteiger partial charge in [0, 0.05) is 38.9 Å². The lowest BCUT2D eigenvalue weighted by Gasteiger charge is -2.43. The van der Waals surface area contributed by atoms with Crippen molar-refractivity contribution in [2.45, 2.75) is 20.3 Å². The maximum absolute atomic E-state index is 12.1. The Hall–Kier alpha value is -2.60. The van der Waals surface area contributed by atoms with Crippen molar-refractivity contribution >= 4 is 17.3 Å². The van der Waals surface area contributed by atoms with Crippen molar-refractivity contribution in [3.63, 3.8) is 0 Å². The molecular weight excluding hydrogens is 340 g/mol. The molecule has 0 aliphatic carbocycles. The van der Waals surface area contributed by atoms with Crippen molar-refractivity contribution in [3.05, 3.63) is 48.2 Å². The van der Waals surface area contributed by atoms with Crippen LogP contribution < -0.4 is 14.6 Å². The topological polar surface area (TPSA) is 48.9 Å². The Kier molecular flexibility index (Phi) is 6.29. The molecule has 0 radical (unpaired) electrons. The Morgan fingerprint density at radius 2 is 1.89 bits per heavy atom. The van der Waals surface area contributed by atoms with Crippen LogP contribution in [0.4, 0.5) is 11.5 Å². The predicted molar refractivity (Wildman–Crippen MR) is 109 cm³/mol. The maximum atomic E-state index is 12.1. The number of methoxy groups -OCH3 is 1. The zero-order valence-corrected chi connectivity index (χ0v) is 16.4. The fourth-order valence-electron chi connectivity index (χ4n) is 3.54. The van der Waals surface area contributed by atoms with E-state index in [1.807, 2.05) is 30.3 Å². The highest BCUT2D eigenvalue weighted by molar-refractivity contribution is 5.98. The highest BCUT2D eigenvalue weighted by Gasteiger charge is 2.26. The Bertz CT molecular complexity index is 772. The van der Waals surface area contributed by atoms with E-state index in [0.717, 1.165) is 56.4 Å². The van der Waals surface area contributed by atoms with E-state index in [-0.39, 0.29) is 5.78 Å². The van der Waals surface area contributed by atoms with Crippen molar-refractivity contribution in [1.82, 2.24) is 9.99 Å². The standard InChI is InChI=1S/C21H28N4O2/c1-4-12-25(21-18(17(2)26)8-7-11-22-21)24-15-13-23(14-16-24)19-9-5-6-10-20(19)27-3/h5-11H,4,12-16H2,1-3H3. The molecule has 0 spiro atoms. The first-order chi connectivity index (χ1) is 13.2. The monoisotopic (exact) mass is 368 g/mol. The SMILES string of the molecule is CCCN(c1ncccc1C(C)=O)N1CCN(c2ccccc2OC)CC1. The second-order valence-corrected chi connectivity index (χ2v) is 6.67. The van der Waals surface area contributed by atoms with Crippen molar-refractivity contribution < 1.29 is 9.53 Å². The van der Waals surface area contributed by atoms with Crippen LogP contribution >= 0.6 is 0 Å². The van der Waals surface area contributed by atoms with Crippen LogP contribution in [0.25, 0.3) is 0 Å². The molecule has 0 unspecified atom stereocenters. The summed E-state index contributed by atoms with van der Waals surface area (Å²) in [4.78, 5) is 18.9. The number of ketones is 1. The van der Waals surface area contributed by atoms with Crippen LogP contribution in [0.15, 0.2) is 42.6 Å². The molecular formula is C21H28N4O2. The zero-order chi connectivity index (χ0) is 19.2. The lowest BCUT2D eigenvalue weighted by Crippen LogP contribution is -2.55. The number of aromatic nitrogens is 1. The van der Waals surface area contributed by atoms with E-state index < -0.39 is 0 Å². The van der Waals surface area contributed by atoms with E-state index >= 15 is 0 Å². The summed E-state index contributed by atoms with van der Waals surface area (Å²) in [5, 5.41) is 4.49. The van der Waals surface area contributed by atoms with Gasteiger partial charge >= 0.3 is 0 Å². The molecule has 0 atom stereocenters. The van der Waals surface area contributed by atoms with Gasteiger partial charge in [-0.1, -0.05) is 19.1 Å². The summed E-state index contributed by atoms with van der Waals surface area (Å²) < 4.78 is 5.51. The number of benzene rings is 1. The van der Waals surface area contributed by atoms with Crippen molar-refractivity contribution in [2.24, 2.45) is 0 Å². The summed E-state index contributed by atoms with van der Waals surface area (Å²) >= 11 is 0. The lowest BCUT2D eigenvalue weighted by atomic mass is 10.2. The third-order valence-corrected chi connectivity index (χ3v) is 4.87. The summed E-state index contributed by atoms with van der Waals surface area (Å²) in [5.74, 6) is 1.71. The van der Waals surface area contributed by atoms with Gasteiger partial charge in [-0.3, -0.25) is 9.80 Å². The summed E-state index contributed by atoms with van der Waals surface area (Å²) in [6.45, 7) is 8.11. The van der Waals surface area contributed by atoms with E-state index in [1.165, 1.54) is 0 Å². The highest BCUT2D eigenvalue weighted by Crippen LogP contribution is 2.29. The molecule has 144 valence electrons. The molecule has 2 heterocycles. The number of carbonyl (C=O) groups excluding carboxylic acids is 1. The average molecular weight is 368 g/mol. The van der Waals surface area contributed by atoms with E-state index in [2.05, 4.69) is 32.9 Å². The summed E-state index contributed by atoms with van der Waals surface area (Å²) in [7, 11) is 1.71. The molecule has 1 aliphatic heterocycles.